The van der Waals surface area contributed by atoms with E-state index in [1.165, 1.54) is 6.42 Å². The number of piperidine rings is 1. The highest BCUT2D eigenvalue weighted by Crippen LogP contribution is 2.27. The fourth-order valence-corrected chi connectivity index (χ4v) is 5.86. The molecular formula is C34H49N5O4. The van der Waals surface area contributed by atoms with Crippen LogP contribution in [0.15, 0.2) is 48.5 Å². The van der Waals surface area contributed by atoms with Crippen molar-refractivity contribution in [3.8, 4) is 0 Å². The van der Waals surface area contributed by atoms with Crippen molar-refractivity contribution in [1.29, 1.82) is 0 Å². The molecule has 9 nitrogen and oxygen atoms in total. The Morgan fingerprint density at radius 1 is 1.02 bits per heavy atom. The van der Waals surface area contributed by atoms with Gasteiger partial charge in [-0.25, -0.2) is 0 Å². The number of carbonyl (C=O) groups excluding carboxylic acids is 3. The first-order valence-electron chi connectivity index (χ1n) is 16.1. The van der Waals surface area contributed by atoms with Gasteiger partial charge in [0.2, 0.25) is 11.8 Å². The van der Waals surface area contributed by atoms with Crippen LogP contribution in [0, 0.1) is 0 Å². The maximum Gasteiger partial charge on any atom is 0.251 e. The second-order valence-corrected chi connectivity index (χ2v) is 12.0. The van der Waals surface area contributed by atoms with Crippen molar-refractivity contribution in [2.75, 3.05) is 29.9 Å². The van der Waals surface area contributed by atoms with E-state index in [1.807, 2.05) is 36.4 Å². The smallest absolute Gasteiger partial charge is 0.251 e. The van der Waals surface area contributed by atoms with Gasteiger partial charge in [-0.05, 0) is 69.2 Å². The van der Waals surface area contributed by atoms with E-state index < -0.39 is 18.2 Å². The van der Waals surface area contributed by atoms with E-state index in [2.05, 4.69) is 28.2 Å². The summed E-state index contributed by atoms with van der Waals surface area (Å²) in [5.41, 5.74) is 2.89. The summed E-state index contributed by atoms with van der Waals surface area (Å²) in [5.74, 6) is -0.330. The summed E-state index contributed by atoms with van der Waals surface area (Å²) >= 11 is 0. The van der Waals surface area contributed by atoms with Gasteiger partial charge in [-0.2, -0.15) is 0 Å². The molecule has 5 N–H and O–H groups in total. The van der Waals surface area contributed by atoms with E-state index in [4.69, 9.17) is 0 Å². The van der Waals surface area contributed by atoms with Crippen LogP contribution in [0.4, 0.5) is 11.4 Å². The van der Waals surface area contributed by atoms with Crippen LogP contribution in [0.1, 0.15) is 87.6 Å². The largest absolute Gasteiger partial charge is 0.390 e. The third-order valence-corrected chi connectivity index (χ3v) is 8.45. The molecule has 234 valence electrons. The van der Waals surface area contributed by atoms with Gasteiger partial charge in [-0.1, -0.05) is 56.5 Å². The molecule has 9 heteroatoms. The molecule has 2 aromatic rings. The maximum atomic E-state index is 13.7. The fourth-order valence-electron chi connectivity index (χ4n) is 5.86. The second-order valence-electron chi connectivity index (χ2n) is 12.0. The Balaban J connectivity index is 1.47. The number of nitrogens with zero attached hydrogens (tertiary/aromatic N) is 1. The van der Waals surface area contributed by atoms with Gasteiger partial charge in [-0.3, -0.25) is 14.4 Å². The molecule has 4 rings (SSSR count). The molecule has 1 saturated carbocycles. The molecule has 2 aromatic carbocycles. The number of rotatable bonds is 14. The Labute approximate surface area is 256 Å². The summed E-state index contributed by atoms with van der Waals surface area (Å²) in [5, 5.41) is 24.0. The highest BCUT2D eigenvalue weighted by molar-refractivity contribution is 6.00. The number of anilines is 2. The summed E-state index contributed by atoms with van der Waals surface area (Å²) in [6.45, 7) is 5.38. The predicted octanol–water partition coefficient (Wildman–Crippen LogP) is 4.15. The average molecular weight is 592 g/mol. The average Bonchev–Trinajstić information content (AvgIpc) is 3.03. The lowest BCUT2D eigenvalue weighted by molar-refractivity contribution is -0.123. The normalized spacial score (nSPS) is 18.0. The van der Waals surface area contributed by atoms with Gasteiger partial charge in [0.05, 0.1) is 18.2 Å². The van der Waals surface area contributed by atoms with Crippen molar-refractivity contribution in [3.63, 3.8) is 0 Å². The number of aliphatic hydroxyl groups excluding tert-OH is 1. The summed E-state index contributed by atoms with van der Waals surface area (Å²) in [6.07, 6.45) is 8.22. The second kappa shape index (κ2) is 16.4. The zero-order valence-corrected chi connectivity index (χ0v) is 25.7. The van der Waals surface area contributed by atoms with E-state index in [0.29, 0.717) is 30.6 Å². The molecule has 1 aliphatic carbocycles. The Morgan fingerprint density at radius 2 is 1.79 bits per heavy atom. The van der Waals surface area contributed by atoms with Crippen LogP contribution < -0.4 is 26.2 Å². The van der Waals surface area contributed by atoms with Gasteiger partial charge in [-0.15, -0.1) is 0 Å². The van der Waals surface area contributed by atoms with Crippen molar-refractivity contribution in [1.82, 2.24) is 16.0 Å². The number of hydrogen-bond acceptors (Lipinski definition) is 6. The first-order valence-corrected chi connectivity index (χ1v) is 16.1. The highest BCUT2D eigenvalue weighted by atomic mass is 16.3. The van der Waals surface area contributed by atoms with E-state index in [1.54, 1.807) is 24.0 Å². The SMILES string of the molecule is CCCNc1cc(C(=O)N[C@@H](Cc2ccccc2)[C@@H](O)CN[C@@H](C)C(=O)NC2CCCCC2)cc(N2CCCCC2=O)c1. The molecule has 1 saturated heterocycles. The van der Waals surface area contributed by atoms with Crippen molar-refractivity contribution < 1.29 is 19.5 Å². The number of hydrogen-bond donors (Lipinski definition) is 5. The van der Waals surface area contributed by atoms with Crippen molar-refractivity contribution in [3.05, 3.63) is 59.7 Å². The Bertz CT molecular complexity index is 1200. The minimum atomic E-state index is -0.946. The first-order chi connectivity index (χ1) is 20.8. The van der Waals surface area contributed by atoms with Gasteiger partial charge in [0.1, 0.15) is 0 Å². The lowest BCUT2D eigenvalue weighted by Crippen LogP contribution is -2.53. The third-order valence-electron chi connectivity index (χ3n) is 8.45. The molecule has 0 bridgehead atoms. The highest BCUT2D eigenvalue weighted by Gasteiger charge is 2.26. The topological polar surface area (TPSA) is 123 Å². The number of carbonyl (C=O) groups is 3. The molecule has 0 unspecified atom stereocenters. The van der Waals surface area contributed by atoms with Crippen LogP contribution in [0.2, 0.25) is 0 Å². The molecule has 3 amide bonds. The standard InChI is InChI=1S/C34H49N5O4/c1-3-17-35-28-20-26(21-29(22-28)39-18-11-10-16-32(39)41)34(43)38-30(19-25-12-6-4-7-13-25)31(40)23-36-24(2)33(42)37-27-14-8-5-9-15-27/h4,6-7,12-13,20-22,24,27,30-31,35-36,40H,3,5,8-11,14-19,23H2,1-2H3,(H,37,42)(H,38,43)/t24-,30-,31-/m0/s1. The fraction of sp³-hybridized carbons (Fsp3) is 0.559. The van der Waals surface area contributed by atoms with Crippen LogP contribution >= 0.6 is 0 Å². The van der Waals surface area contributed by atoms with Crippen molar-refractivity contribution in [2.24, 2.45) is 0 Å². The van der Waals surface area contributed by atoms with E-state index in [0.717, 1.165) is 62.7 Å². The minimum Gasteiger partial charge on any atom is -0.390 e. The molecule has 43 heavy (non-hydrogen) atoms. The number of benzene rings is 2. The van der Waals surface area contributed by atoms with E-state index >= 15 is 0 Å². The van der Waals surface area contributed by atoms with Gasteiger partial charge in [0, 0.05) is 49.0 Å². The molecule has 1 aliphatic heterocycles. The van der Waals surface area contributed by atoms with Gasteiger partial charge < -0.3 is 31.3 Å². The lowest BCUT2D eigenvalue weighted by atomic mass is 9.95. The van der Waals surface area contributed by atoms with Crippen molar-refractivity contribution in [2.45, 2.75) is 102 Å². The quantitative estimate of drug-likeness (QED) is 0.225. The molecule has 0 radical (unpaired) electrons. The van der Waals surface area contributed by atoms with Gasteiger partial charge in [0.15, 0.2) is 0 Å². The monoisotopic (exact) mass is 591 g/mol. The molecule has 3 atom stereocenters. The molecule has 0 aromatic heterocycles. The number of nitrogens with one attached hydrogen (secondary N) is 4. The van der Waals surface area contributed by atoms with Crippen molar-refractivity contribution >= 4 is 29.1 Å². The molecule has 2 aliphatic rings. The third kappa shape index (κ3) is 9.79. The van der Waals surface area contributed by atoms with Crippen LogP contribution in [-0.2, 0) is 16.0 Å². The summed E-state index contributed by atoms with van der Waals surface area (Å²) in [6, 6.07) is 14.3. The van der Waals surface area contributed by atoms with Crippen LogP contribution in [0.3, 0.4) is 0 Å². The van der Waals surface area contributed by atoms with Crippen LogP contribution in [0.25, 0.3) is 0 Å². The Morgan fingerprint density at radius 3 is 2.51 bits per heavy atom. The minimum absolute atomic E-state index is 0.0651. The number of aliphatic hydroxyl groups is 1. The Hall–Kier alpha value is -3.43. The summed E-state index contributed by atoms with van der Waals surface area (Å²) in [4.78, 5) is 41.0. The lowest BCUT2D eigenvalue weighted by Gasteiger charge is -2.29. The molecule has 1 heterocycles. The summed E-state index contributed by atoms with van der Waals surface area (Å²) < 4.78 is 0. The molecule has 0 spiro atoms. The van der Waals surface area contributed by atoms with Crippen LogP contribution in [0.5, 0.6) is 0 Å². The maximum absolute atomic E-state index is 13.7. The zero-order valence-electron chi connectivity index (χ0n) is 25.7. The summed E-state index contributed by atoms with van der Waals surface area (Å²) in [7, 11) is 0. The van der Waals surface area contributed by atoms with Gasteiger partial charge >= 0.3 is 0 Å². The number of amides is 3. The molecule has 2 fully saturated rings. The van der Waals surface area contributed by atoms with E-state index in [9.17, 15) is 19.5 Å². The molecular weight excluding hydrogens is 542 g/mol. The van der Waals surface area contributed by atoms with Crippen LogP contribution in [-0.4, -0.2) is 66.7 Å². The first kappa shape index (κ1) is 32.5. The van der Waals surface area contributed by atoms with E-state index in [-0.39, 0.29) is 30.3 Å². The van der Waals surface area contributed by atoms with Gasteiger partial charge in [0.25, 0.3) is 5.91 Å². The predicted molar refractivity (Wildman–Crippen MR) is 171 cm³/mol. The Kier molecular flexibility index (Phi) is 12.4. The zero-order chi connectivity index (χ0) is 30.6.